The fourth-order valence-corrected chi connectivity index (χ4v) is 13.7. The summed E-state index contributed by atoms with van der Waals surface area (Å²) < 4.78 is 102. The Morgan fingerprint density at radius 3 is 1.23 bits per heavy atom. The summed E-state index contributed by atoms with van der Waals surface area (Å²) in [6.07, 6.45) is -84.1. The number of carbonyl (C=O) groups excluding carboxylic acids is 3. The Labute approximate surface area is 600 Å². The predicted molar refractivity (Wildman–Crippen MR) is 324 cm³/mol. The number of hydrogen-bond acceptors (Lipinski definition) is 44. The van der Waals surface area contributed by atoms with Gasteiger partial charge in [0.1, 0.15) is 207 Å². The molecule has 9 fully saturated rings. The topological polar surface area (TPSA) is 730 Å². The fourth-order valence-electron chi connectivity index (χ4n) is 13.7. The number of hydrogen-bond donors (Lipinski definition) is 27. The van der Waals surface area contributed by atoms with Crippen LogP contribution in [-0.4, -0.2) is 463 Å². The van der Waals surface area contributed by atoms with Gasteiger partial charge in [0, 0.05) is 20.8 Å². The van der Waals surface area contributed by atoms with Crippen LogP contribution >= 0.6 is 0 Å². The van der Waals surface area contributed by atoms with E-state index < -0.39 is 341 Å². The van der Waals surface area contributed by atoms with Crippen LogP contribution in [0.15, 0.2) is 0 Å². The predicted octanol–water partition coefficient (Wildman–Crippen LogP) is -18.5. The molecule has 0 aromatic rings. The highest BCUT2D eigenvalue weighted by atomic mass is 16.8. The van der Waals surface area contributed by atoms with Gasteiger partial charge in [-0.3, -0.25) is 14.4 Å². The molecule has 0 aliphatic carbocycles. The zero-order valence-corrected chi connectivity index (χ0v) is 57.0. The molecule has 3 amide bonds. The van der Waals surface area contributed by atoms with Crippen molar-refractivity contribution in [2.75, 3.05) is 52.9 Å². The largest absolute Gasteiger partial charge is 0.394 e. The van der Waals surface area contributed by atoms with Crippen LogP contribution in [0.25, 0.3) is 0 Å². The molecule has 106 heavy (non-hydrogen) atoms. The van der Waals surface area contributed by atoms with Crippen molar-refractivity contribution in [2.45, 2.75) is 298 Å². The summed E-state index contributed by atoms with van der Waals surface area (Å²) in [7, 11) is 0. The smallest absolute Gasteiger partial charge is 0.217 e. The highest BCUT2D eigenvalue weighted by molar-refractivity contribution is 5.74. The van der Waals surface area contributed by atoms with Crippen molar-refractivity contribution in [1.82, 2.24) is 16.0 Å². The molecule has 9 aliphatic heterocycles. The molecule has 1 unspecified atom stereocenters. The van der Waals surface area contributed by atoms with E-state index in [4.69, 9.17) is 80.5 Å². The number of aliphatic hydroxyl groups is 24. The number of ether oxygens (including phenoxy) is 17. The molecule has 0 saturated carbocycles. The second-order valence-electron chi connectivity index (χ2n) is 27.0. The van der Waals surface area contributed by atoms with Crippen molar-refractivity contribution in [3.63, 3.8) is 0 Å². The van der Waals surface area contributed by atoms with Crippen molar-refractivity contribution < 1.29 is 217 Å². The second kappa shape index (κ2) is 37.6. The fraction of sp³-hybridized carbons (Fsp3) is 0.949. The van der Waals surface area contributed by atoms with Crippen molar-refractivity contribution in [3.05, 3.63) is 0 Å². The van der Waals surface area contributed by atoms with Crippen LogP contribution < -0.4 is 16.0 Å². The maximum Gasteiger partial charge on any atom is 0.217 e. The molecule has 47 nitrogen and oxygen atoms in total. The monoisotopic (exact) mass is 1550 g/mol. The van der Waals surface area contributed by atoms with Gasteiger partial charge in [-0.15, -0.1) is 0 Å². The van der Waals surface area contributed by atoms with Crippen molar-refractivity contribution in [3.8, 4) is 0 Å². The third-order valence-electron chi connectivity index (χ3n) is 19.5. The average Bonchev–Trinajstić information content (AvgIpc) is 0.768. The van der Waals surface area contributed by atoms with Gasteiger partial charge in [-0.25, -0.2) is 0 Å². The molecule has 9 aliphatic rings. The molecule has 9 rings (SSSR count). The van der Waals surface area contributed by atoms with E-state index in [0.717, 1.165) is 20.8 Å². The molecule has 27 N–H and O–H groups in total. The standard InChI is InChI=1S/C59H99N3O44/c1-13-28(73)36(81)41(86)55(92-13)103-47-26(61-15(3)70)51(89)93-23(10-68)45(47)101-52-25(60-14(2)69)35(80)44(22(9-67)98-52)100-59-50(106-54-40(85)29(74)17(72)11-90-54)48(104-57-43(88)38(83)31(76)19(6-64)96-57)34(79)24(99-59)12-91-58-49(39(84)32(77)20(7-65)97-58)105-53-27(62-16(4)71)46(33(78)21(8-66)94-53)102-56-42(87)37(82)30(75)18(5-63)95-56/h13,17-59,63-68,72-89H,5-12H2,1-4H3,(H,60,69)(H,61,70)(H,62,71)/t13-,17+,18+,19+,20+,21+,22+,23+,24+,25+,26+,27+,28+,29-,30-,31+,32+,33+,34+,35+,36+,37-,38-,39-,40+,41-,42+,43-,44+,45+,46+,47+,48-,49-,50-,51?,52-,53-,54-,55-,56-,57+,58-,59-/m0/s1. The Morgan fingerprint density at radius 2 is 0.679 bits per heavy atom. The quantitative estimate of drug-likeness (QED) is 0.0382. The lowest BCUT2D eigenvalue weighted by atomic mass is 9.93. The Morgan fingerprint density at radius 1 is 0.302 bits per heavy atom. The summed E-state index contributed by atoms with van der Waals surface area (Å²) in [4.78, 5) is 38.9. The number of aliphatic hydroxyl groups excluding tert-OH is 24. The van der Waals surface area contributed by atoms with Crippen LogP contribution in [0, 0.1) is 0 Å². The molecule has 0 aromatic carbocycles. The molecular weight excluding hydrogens is 1450 g/mol. The van der Waals surface area contributed by atoms with Gasteiger partial charge in [-0.1, -0.05) is 0 Å². The first-order valence-corrected chi connectivity index (χ1v) is 33.9. The zero-order chi connectivity index (χ0) is 77.9. The van der Waals surface area contributed by atoms with E-state index in [1.54, 1.807) is 0 Å². The van der Waals surface area contributed by atoms with Gasteiger partial charge in [-0.2, -0.15) is 0 Å². The molecule has 614 valence electrons. The minimum Gasteiger partial charge on any atom is -0.394 e. The summed E-state index contributed by atoms with van der Waals surface area (Å²) >= 11 is 0. The summed E-state index contributed by atoms with van der Waals surface area (Å²) in [5.74, 6) is -2.75. The van der Waals surface area contributed by atoms with Crippen LogP contribution in [0.2, 0.25) is 0 Å². The van der Waals surface area contributed by atoms with Gasteiger partial charge in [0.25, 0.3) is 0 Å². The number of carbonyl (C=O) groups is 3. The Bertz CT molecular complexity index is 2770. The minimum absolute atomic E-state index is 0.802. The van der Waals surface area contributed by atoms with E-state index in [1.807, 2.05) is 0 Å². The molecule has 47 heteroatoms. The lowest BCUT2D eigenvalue weighted by Gasteiger charge is -2.52. The van der Waals surface area contributed by atoms with E-state index in [9.17, 15) is 137 Å². The Hall–Kier alpha value is -3.23. The Kier molecular flexibility index (Phi) is 30.8. The van der Waals surface area contributed by atoms with Crippen molar-refractivity contribution in [2.24, 2.45) is 0 Å². The highest BCUT2D eigenvalue weighted by Gasteiger charge is 2.61. The molecule has 9 heterocycles. The van der Waals surface area contributed by atoms with Gasteiger partial charge in [0.15, 0.2) is 56.6 Å². The molecule has 0 bridgehead atoms. The van der Waals surface area contributed by atoms with Gasteiger partial charge in [-0.05, 0) is 6.92 Å². The SMILES string of the molecule is CC(=O)N[C@H]1[C@H](O[C@H]2[C@H](O[C@@H]3O[C@@H](C)[C@@H](O)[C@@H](O)[C@@H]3O)[C@@H](NC(C)=O)C(O)O[C@@H]2CO)O[C@H](CO)[C@@H](O[C@@H]2O[C@H](CO[C@H]3O[C@H](CO)[C@@H](O)[C@H](O)[C@@H]3O[C@@H]3O[C@H](CO)[C@@H](O)[C@H](O[C@@H]4O[C@H](CO)[C@H](O)[C@H](O)[C@H]4O)[C@H]3NC(C)=O)[C@@H](O)[C@H](O[C@H]3O[C@H](CO)[C@@H](O)[C@H](O)[C@@H]3O)[C@@H]2O[C@@H]2OC[C@@H](O)[C@H](O)[C@H]2O)[C@@H]1O. The lowest BCUT2D eigenvalue weighted by Crippen LogP contribution is -2.71. The molecule has 0 radical (unpaired) electrons. The van der Waals surface area contributed by atoms with E-state index in [2.05, 4.69) is 16.0 Å². The maximum absolute atomic E-state index is 13.3. The first-order valence-electron chi connectivity index (χ1n) is 33.9. The third kappa shape index (κ3) is 18.8. The van der Waals surface area contributed by atoms with Crippen LogP contribution in [0.3, 0.4) is 0 Å². The van der Waals surface area contributed by atoms with Gasteiger partial charge < -0.3 is 219 Å². The lowest BCUT2D eigenvalue weighted by molar-refractivity contribution is -0.406. The third-order valence-corrected chi connectivity index (χ3v) is 19.5. The zero-order valence-electron chi connectivity index (χ0n) is 57.0. The van der Waals surface area contributed by atoms with E-state index in [-0.39, 0.29) is 0 Å². The van der Waals surface area contributed by atoms with Gasteiger partial charge in [0.05, 0.1) is 59.0 Å². The van der Waals surface area contributed by atoms with Crippen molar-refractivity contribution in [1.29, 1.82) is 0 Å². The molecule has 0 spiro atoms. The molecule has 9 saturated heterocycles. The van der Waals surface area contributed by atoms with Gasteiger partial charge >= 0.3 is 0 Å². The maximum atomic E-state index is 13.3. The van der Waals surface area contributed by atoms with Crippen LogP contribution in [0.1, 0.15) is 27.7 Å². The summed E-state index contributed by atoms with van der Waals surface area (Å²) in [6.45, 7) is -4.38. The molecular formula is C59H99N3O44. The van der Waals surface area contributed by atoms with Gasteiger partial charge in [0.2, 0.25) is 17.7 Å². The van der Waals surface area contributed by atoms with Crippen molar-refractivity contribution >= 4 is 17.7 Å². The van der Waals surface area contributed by atoms with E-state index in [1.165, 1.54) is 6.92 Å². The van der Waals surface area contributed by atoms with Crippen LogP contribution in [-0.2, 0) is 94.9 Å². The number of amides is 3. The summed E-state index contributed by atoms with van der Waals surface area (Å²) in [5.41, 5.74) is 0. The first kappa shape index (κ1) is 86.7. The van der Waals surface area contributed by atoms with E-state index in [0.29, 0.717) is 0 Å². The highest BCUT2D eigenvalue weighted by Crippen LogP contribution is 2.40. The normalized spacial score (nSPS) is 50.4. The van der Waals surface area contributed by atoms with E-state index >= 15 is 0 Å². The number of rotatable bonds is 26. The number of nitrogens with one attached hydrogen (secondary N) is 3. The average molecular weight is 1550 g/mol. The minimum atomic E-state index is -2.45. The van der Waals surface area contributed by atoms with Crippen LogP contribution in [0.5, 0.6) is 0 Å². The summed E-state index contributed by atoms with van der Waals surface area (Å²) in [5, 5.41) is 272. The molecule has 0 aromatic heterocycles. The Balaban J connectivity index is 1.08. The second-order valence-corrected chi connectivity index (χ2v) is 27.0. The summed E-state index contributed by atoms with van der Waals surface area (Å²) in [6, 6.07) is -5.63. The van der Waals surface area contributed by atoms with Crippen LogP contribution in [0.4, 0.5) is 0 Å². The molecule has 44 atom stereocenters. The first-order chi connectivity index (χ1) is 50.1.